The van der Waals surface area contributed by atoms with Crippen molar-refractivity contribution in [2.45, 2.75) is 37.4 Å². The van der Waals surface area contributed by atoms with Gasteiger partial charge in [0.25, 0.3) is 0 Å². The number of nitrogens with two attached hydrogens (primary N) is 1. The van der Waals surface area contributed by atoms with Crippen molar-refractivity contribution in [3.05, 3.63) is 65.7 Å². The maximum absolute atomic E-state index is 12.9. The number of benzene rings is 2. The van der Waals surface area contributed by atoms with Crippen LogP contribution in [0.15, 0.2) is 54.6 Å². The lowest BCUT2D eigenvalue weighted by atomic mass is 10.0. The maximum atomic E-state index is 12.9. The van der Waals surface area contributed by atoms with Crippen molar-refractivity contribution in [2.75, 3.05) is 25.1 Å². The minimum Gasteiger partial charge on any atom is -0.617 e. The predicted molar refractivity (Wildman–Crippen MR) is 151 cm³/mol. The van der Waals surface area contributed by atoms with Gasteiger partial charge in [0, 0.05) is 12.8 Å². The third-order valence-electron chi connectivity index (χ3n) is 5.84. The Balaban J connectivity index is 1.89. The summed E-state index contributed by atoms with van der Waals surface area (Å²) in [5, 5.41) is 28.4. The van der Waals surface area contributed by atoms with Crippen molar-refractivity contribution in [3.63, 3.8) is 0 Å². The smallest absolute Gasteiger partial charge is 0.326 e. The van der Waals surface area contributed by atoms with Gasteiger partial charge in [0.05, 0.1) is 25.4 Å². The summed E-state index contributed by atoms with van der Waals surface area (Å²) in [6.07, 6.45) is 1.59. The summed E-state index contributed by atoms with van der Waals surface area (Å²) in [7, 11) is 0. The molecule has 0 aliphatic carbocycles. The van der Waals surface area contributed by atoms with E-state index in [2.05, 4.69) is 21.3 Å². The van der Waals surface area contributed by atoms with E-state index >= 15 is 0 Å². The highest BCUT2D eigenvalue weighted by molar-refractivity contribution is 7.90. The van der Waals surface area contributed by atoms with Crippen LogP contribution in [0.25, 0.3) is 0 Å². The van der Waals surface area contributed by atoms with Crippen LogP contribution in [-0.2, 0) is 48.0 Å². The Bertz CT molecular complexity index is 1180. The first kappa shape index (κ1) is 33.1. The molecule has 0 radical (unpaired) electrons. The molecule has 2 aromatic rings. The molecule has 0 bridgehead atoms. The van der Waals surface area contributed by atoms with Gasteiger partial charge < -0.3 is 41.8 Å². The van der Waals surface area contributed by atoms with E-state index in [0.29, 0.717) is 5.56 Å². The van der Waals surface area contributed by atoms with E-state index in [1.807, 2.05) is 0 Å². The number of hydrogen-bond acceptors (Lipinski definition) is 8. The minimum atomic E-state index is -1.30. The number of hydrogen-bond donors (Lipinski definition) is 7. The second-order valence-corrected chi connectivity index (χ2v) is 10.8. The van der Waals surface area contributed by atoms with Crippen molar-refractivity contribution >= 4 is 40.8 Å². The Kier molecular flexibility index (Phi) is 13.6. The van der Waals surface area contributed by atoms with Crippen LogP contribution in [0.5, 0.6) is 5.75 Å². The molecule has 0 fully saturated rings. The van der Waals surface area contributed by atoms with Crippen molar-refractivity contribution < 1.29 is 38.7 Å². The zero-order valence-electron chi connectivity index (χ0n) is 22.5. The number of amides is 4. The number of aliphatic carboxylic acids is 1. The first-order valence-corrected chi connectivity index (χ1v) is 14.4. The molecular weight excluding hydrogens is 554 g/mol. The topological polar surface area (TPSA) is 223 Å². The first-order valence-electron chi connectivity index (χ1n) is 12.7. The summed E-state index contributed by atoms with van der Waals surface area (Å²) in [6, 6.07) is 11.5. The number of phenols is 1. The van der Waals surface area contributed by atoms with Gasteiger partial charge in [-0.1, -0.05) is 53.6 Å². The van der Waals surface area contributed by atoms with Crippen LogP contribution in [0.4, 0.5) is 0 Å². The summed E-state index contributed by atoms with van der Waals surface area (Å²) < 4.78 is 11.4. The lowest BCUT2D eigenvalue weighted by Crippen LogP contribution is -2.54. The summed E-state index contributed by atoms with van der Waals surface area (Å²) in [5.41, 5.74) is 7.29. The molecule has 0 spiro atoms. The molecule has 0 aliphatic heterocycles. The van der Waals surface area contributed by atoms with Crippen molar-refractivity contribution in [2.24, 2.45) is 5.73 Å². The molecule has 1 unspecified atom stereocenters. The Labute approximate surface area is 240 Å². The van der Waals surface area contributed by atoms with Crippen LogP contribution in [0.3, 0.4) is 0 Å². The van der Waals surface area contributed by atoms with E-state index in [1.54, 1.807) is 42.5 Å². The lowest BCUT2D eigenvalue weighted by Gasteiger charge is -2.22. The maximum Gasteiger partial charge on any atom is 0.326 e. The highest BCUT2D eigenvalue weighted by Crippen LogP contribution is 2.11. The fourth-order valence-corrected chi connectivity index (χ4v) is 4.20. The number of aromatic hydroxyl groups is 1. The number of carbonyl (C=O) groups is 5. The van der Waals surface area contributed by atoms with E-state index in [-0.39, 0.29) is 30.8 Å². The van der Waals surface area contributed by atoms with Crippen molar-refractivity contribution in [1.29, 1.82) is 0 Å². The molecule has 41 heavy (non-hydrogen) atoms. The van der Waals surface area contributed by atoms with E-state index in [0.717, 1.165) is 5.56 Å². The summed E-state index contributed by atoms with van der Waals surface area (Å²) >= 11 is -1.26. The molecule has 0 aliphatic rings. The minimum absolute atomic E-state index is 0.0490. The van der Waals surface area contributed by atoms with Crippen LogP contribution < -0.4 is 27.0 Å². The van der Waals surface area contributed by atoms with E-state index < -0.39 is 72.0 Å². The Hall–Kier alpha value is -4.14. The highest BCUT2D eigenvalue weighted by Gasteiger charge is 2.27. The molecule has 0 aromatic heterocycles. The van der Waals surface area contributed by atoms with Gasteiger partial charge >= 0.3 is 5.97 Å². The molecule has 4 amide bonds. The zero-order chi connectivity index (χ0) is 30.4. The first-order chi connectivity index (χ1) is 19.4. The standard InChI is InChI=1S/C27H35N5O8S/c1-41(40)12-11-21(27(38)39)32-26(37)22(14-17-5-3-2-4-6-17)31-24(35)16-29-23(34)15-30-25(36)20(28)13-18-7-9-19(33)10-8-18/h2-10,20-22,33H,11-16,28H2,1H3,(H,29,34)(H,30,36)(H,31,35)(H,32,37)(H,38,39)/t20-,21-,22-,41?/m1/s1. The molecule has 8 N–H and O–H groups in total. The average Bonchev–Trinajstić information content (AvgIpc) is 2.93. The quantitative estimate of drug-likeness (QED) is 0.114. The SMILES string of the molecule is C[S+]([O-])CC[C@@H](NC(=O)[C@@H](Cc1ccccc1)NC(=O)CNC(=O)CNC(=O)[C@H](N)Cc1ccc(O)cc1)C(=O)O. The van der Waals surface area contributed by atoms with E-state index in [9.17, 15) is 38.7 Å². The van der Waals surface area contributed by atoms with Crippen LogP contribution in [0.2, 0.25) is 0 Å². The molecule has 0 heterocycles. The van der Waals surface area contributed by atoms with Gasteiger partial charge in [0.2, 0.25) is 23.6 Å². The second kappa shape index (κ2) is 16.8. The number of phenolic OH excluding ortho intramolecular Hbond substituents is 1. The molecule has 2 rings (SSSR count). The molecule has 4 atom stereocenters. The number of nitrogens with one attached hydrogen (secondary N) is 4. The number of carbonyl (C=O) groups excluding carboxylic acids is 4. The number of carboxylic acid groups (broad SMARTS) is 1. The Morgan fingerprint density at radius 1 is 0.829 bits per heavy atom. The fourth-order valence-electron chi connectivity index (χ4n) is 3.64. The second-order valence-electron chi connectivity index (χ2n) is 9.25. The Morgan fingerprint density at radius 3 is 2.05 bits per heavy atom. The van der Waals surface area contributed by atoms with Crippen LogP contribution in [-0.4, -0.2) is 87.6 Å². The predicted octanol–water partition coefficient (Wildman–Crippen LogP) is -1.44. The zero-order valence-corrected chi connectivity index (χ0v) is 23.3. The van der Waals surface area contributed by atoms with Crippen LogP contribution >= 0.6 is 0 Å². The van der Waals surface area contributed by atoms with Gasteiger partial charge in [0.1, 0.15) is 23.6 Å². The number of rotatable bonds is 16. The van der Waals surface area contributed by atoms with Gasteiger partial charge in [-0.25, -0.2) is 4.79 Å². The van der Waals surface area contributed by atoms with Crippen LogP contribution in [0, 0.1) is 0 Å². The molecular formula is C27H35N5O8S. The van der Waals surface area contributed by atoms with Crippen molar-refractivity contribution in [3.8, 4) is 5.75 Å². The molecule has 13 nitrogen and oxygen atoms in total. The molecule has 0 saturated heterocycles. The summed E-state index contributed by atoms with van der Waals surface area (Å²) in [4.78, 5) is 61.5. The monoisotopic (exact) mass is 589 g/mol. The summed E-state index contributed by atoms with van der Waals surface area (Å²) in [6.45, 7) is -0.952. The van der Waals surface area contributed by atoms with Gasteiger partial charge in [0.15, 0.2) is 0 Å². The largest absolute Gasteiger partial charge is 0.617 e. The van der Waals surface area contributed by atoms with Gasteiger partial charge in [-0.05, 0) is 29.7 Å². The third-order valence-corrected chi connectivity index (χ3v) is 6.65. The van der Waals surface area contributed by atoms with Gasteiger partial charge in [-0.2, -0.15) is 0 Å². The highest BCUT2D eigenvalue weighted by atomic mass is 32.2. The molecule has 222 valence electrons. The van der Waals surface area contributed by atoms with E-state index in [4.69, 9.17) is 5.73 Å². The summed E-state index contributed by atoms with van der Waals surface area (Å²) in [5.74, 6) is -3.88. The average molecular weight is 590 g/mol. The molecule has 14 heteroatoms. The lowest BCUT2D eigenvalue weighted by molar-refractivity contribution is -0.142. The van der Waals surface area contributed by atoms with Crippen LogP contribution in [0.1, 0.15) is 17.5 Å². The molecule has 0 saturated carbocycles. The van der Waals surface area contributed by atoms with Gasteiger partial charge in [-0.3, -0.25) is 19.2 Å². The molecule has 2 aromatic carbocycles. The fraction of sp³-hybridized carbons (Fsp3) is 0.370. The normalized spacial score (nSPS) is 13.6. The van der Waals surface area contributed by atoms with E-state index in [1.165, 1.54) is 18.4 Å². The Morgan fingerprint density at radius 2 is 1.44 bits per heavy atom. The van der Waals surface area contributed by atoms with Gasteiger partial charge in [-0.15, -0.1) is 0 Å². The third kappa shape index (κ3) is 12.7. The number of carboxylic acids is 1. The van der Waals surface area contributed by atoms with Crippen molar-refractivity contribution in [1.82, 2.24) is 21.3 Å².